The SMILES string of the molecule is CN=C(NCc1nc(-c2ccc(Cl)cc2)no1)NC1CCOc2ccccc21. The number of hydrogen-bond donors (Lipinski definition) is 2. The van der Waals surface area contributed by atoms with Crippen LogP contribution in [0.5, 0.6) is 5.75 Å². The molecule has 0 amide bonds. The number of rotatable bonds is 4. The quantitative estimate of drug-likeness (QED) is 0.517. The Labute approximate surface area is 167 Å². The molecule has 0 radical (unpaired) electrons. The normalized spacial score (nSPS) is 16.2. The first-order valence-corrected chi connectivity index (χ1v) is 9.38. The van der Waals surface area contributed by atoms with Crippen LogP contribution in [0.25, 0.3) is 11.4 Å². The van der Waals surface area contributed by atoms with Crippen molar-refractivity contribution in [2.75, 3.05) is 13.7 Å². The van der Waals surface area contributed by atoms with Crippen molar-refractivity contribution in [2.45, 2.75) is 19.0 Å². The lowest BCUT2D eigenvalue weighted by Gasteiger charge is -2.27. The molecule has 0 fully saturated rings. The fourth-order valence-electron chi connectivity index (χ4n) is 3.05. The lowest BCUT2D eigenvalue weighted by molar-refractivity contribution is 0.261. The molecule has 2 N–H and O–H groups in total. The van der Waals surface area contributed by atoms with Crippen molar-refractivity contribution in [2.24, 2.45) is 4.99 Å². The van der Waals surface area contributed by atoms with Crippen LogP contribution in [0, 0.1) is 0 Å². The monoisotopic (exact) mass is 397 g/mol. The fraction of sp³-hybridized carbons (Fsp3) is 0.250. The van der Waals surface area contributed by atoms with Crippen molar-refractivity contribution in [3.63, 3.8) is 0 Å². The van der Waals surface area contributed by atoms with E-state index in [1.807, 2.05) is 30.3 Å². The molecule has 2 heterocycles. The highest BCUT2D eigenvalue weighted by Gasteiger charge is 2.22. The highest BCUT2D eigenvalue weighted by Crippen LogP contribution is 2.31. The number of nitrogens with zero attached hydrogens (tertiary/aromatic N) is 3. The fourth-order valence-corrected chi connectivity index (χ4v) is 3.18. The Balaban J connectivity index is 1.39. The molecule has 7 nitrogen and oxygen atoms in total. The number of halogens is 1. The van der Waals surface area contributed by atoms with E-state index in [9.17, 15) is 0 Å². The molecule has 3 aromatic rings. The van der Waals surface area contributed by atoms with E-state index in [1.165, 1.54) is 0 Å². The van der Waals surface area contributed by atoms with Crippen molar-refractivity contribution >= 4 is 17.6 Å². The van der Waals surface area contributed by atoms with Crippen LogP contribution in [0.15, 0.2) is 58.0 Å². The molecular weight excluding hydrogens is 378 g/mol. The van der Waals surface area contributed by atoms with Gasteiger partial charge in [0, 0.05) is 29.6 Å². The summed E-state index contributed by atoms with van der Waals surface area (Å²) >= 11 is 5.91. The molecular formula is C20H20ClN5O2. The Morgan fingerprint density at radius 1 is 1.21 bits per heavy atom. The van der Waals surface area contributed by atoms with E-state index in [1.54, 1.807) is 19.2 Å². The number of guanidine groups is 1. The molecule has 1 unspecified atom stereocenters. The topological polar surface area (TPSA) is 84.6 Å². The van der Waals surface area contributed by atoms with Crippen LogP contribution in [0.4, 0.5) is 0 Å². The minimum atomic E-state index is 0.128. The van der Waals surface area contributed by atoms with Gasteiger partial charge in [-0.15, -0.1) is 0 Å². The van der Waals surface area contributed by atoms with Gasteiger partial charge < -0.3 is 19.9 Å². The Bertz CT molecular complexity index is 971. The average Bonchev–Trinajstić information content (AvgIpc) is 3.21. The van der Waals surface area contributed by atoms with E-state index in [0.717, 1.165) is 23.3 Å². The molecule has 1 aromatic heterocycles. The highest BCUT2D eigenvalue weighted by molar-refractivity contribution is 6.30. The third-order valence-corrected chi connectivity index (χ3v) is 4.72. The van der Waals surface area contributed by atoms with E-state index in [0.29, 0.717) is 35.8 Å². The molecule has 2 aromatic carbocycles. The molecule has 1 atom stereocenters. The van der Waals surface area contributed by atoms with Crippen LogP contribution in [0.2, 0.25) is 5.02 Å². The molecule has 4 rings (SSSR count). The van der Waals surface area contributed by atoms with Gasteiger partial charge in [0.1, 0.15) is 5.75 Å². The molecule has 0 bridgehead atoms. The van der Waals surface area contributed by atoms with Crippen LogP contribution >= 0.6 is 11.6 Å². The summed E-state index contributed by atoms with van der Waals surface area (Å²) in [7, 11) is 1.73. The van der Waals surface area contributed by atoms with Crippen LogP contribution in [-0.4, -0.2) is 29.8 Å². The number of hydrogen-bond acceptors (Lipinski definition) is 5. The number of ether oxygens (including phenoxy) is 1. The summed E-state index contributed by atoms with van der Waals surface area (Å²) in [6, 6.07) is 15.5. The summed E-state index contributed by atoms with van der Waals surface area (Å²) in [6.45, 7) is 1.03. The van der Waals surface area contributed by atoms with E-state index in [2.05, 4.69) is 31.8 Å². The lowest BCUT2D eigenvalue weighted by atomic mass is 10.0. The third kappa shape index (κ3) is 4.09. The molecule has 1 aliphatic heterocycles. The smallest absolute Gasteiger partial charge is 0.246 e. The van der Waals surface area contributed by atoms with Crippen LogP contribution in [0.3, 0.4) is 0 Å². The van der Waals surface area contributed by atoms with Gasteiger partial charge in [0.25, 0.3) is 0 Å². The highest BCUT2D eigenvalue weighted by atomic mass is 35.5. The Morgan fingerprint density at radius 3 is 2.86 bits per heavy atom. The maximum Gasteiger partial charge on any atom is 0.246 e. The first-order valence-electron chi connectivity index (χ1n) is 9.00. The zero-order chi connectivity index (χ0) is 19.3. The van der Waals surface area contributed by atoms with Crippen molar-refractivity contribution in [3.05, 3.63) is 65.0 Å². The van der Waals surface area contributed by atoms with Crippen LogP contribution in [-0.2, 0) is 6.54 Å². The summed E-state index contributed by atoms with van der Waals surface area (Å²) in [5.74, 6) is 2.56. The lowest BCUT2D eigenvalue weighted by Crippen LogP contribution is -2.40. The van der Waals surface area contributed by atoms with Gasteiger partial charge >= 0.3 is 0 Å². The average molecular weight is 398 g/mol. The summed E-state index contributed by atoms with van der Waals surface area (Å²) in [5, 5.41) is 11.3. The third-order valence-electron chi connectivity index (χ3n) is 4.47. The second-order valence-corrected chi connectivity index (χ2v) is 6.75. The minimum Gasteiger partial charge on any atom is -0.493 e. The van der Waals surface area contributed by atoms with Crippen LogP contribution in [0.1, 0.15) is 23.9 Å². The van der Waals surface area contributed by atoms with Gasteiger partial charge in [-0.1, -0.05) is 35.0 Å². The van der Waals surface area contributed by atoms with Gasteiger partial charge in [0.2, 0.25) is 11.7 Å². The first-order chi connectivity index (χ1) is 13.7. The first kappa shape index (κ1) is 18.3. The van der Waals surface area contributed by atoms with Crippen molar-refractivity contribution < 1.29 is 9.26 Å². The number of fused-ring (bicyclic) bond motifs is 1. The Kier molecular flexibility index (Phi) is 5.43. The van der Waals surface area contributed by atoms with E-state index in [-0.39, 0.29) is 6.04 Å². The molecule has 8 heteroatoms. The predicted molar refractivity (Wildman–Crippen MR) is 107 cm³/mol. The summed E-state index contributed by atoms with van der Waals surface area (Å²) in [6.07, 6.45) is 0.860. The van der Waals surface area contributed by atoms with Crippen molar-refractivity contribution in [3.8, 4) is 17.1 Å². The molecule has 0 spiro atoms. The molecule has 0 aliphatic carbocycles. The van der Waals surface area contributed by atoms with Gasteiger partial charge in [-0.2, -0.15) is 4.98 Å². The second kappa shape index (κ2) is 8.31. The molecule has 0 saturated heterocycles. The summed E-state index contributed by atoms with van der Waals surface area (Å²) in [4.78, 5) is 8.71. The molecule has 28 heavy (non-hydrogen) atoms. The van der Waals surface area contributed by atoms with Gasteiger partial charge in [-0.25, -0.2) is 0 Å². The number of benzene rings is 2. The number of aliphatic imine (C=N–C) groups is 1. The molecule has 144 valence electrons. The molecule has 0 saturated carbocycles. The van der Waals surface area contributed by atoms with E-state index < -0.39 is 0 Å². The largest absolute Gasteiger partial charge is 0.493 e. The Morgan fingerprint density at radius 2 is 2.04 bits per heavy atom. The molecule has 1 aliphatic rings. The van der Waals surface area contributed by atoms with E-state index >= 15 is 0 Å². The zero-order valence-corrected chi connectivity index (χ0v) is 16.1. The summed E-state index contributed by atoms with van der Waals surface area (Å²) < 4.78 is 11.0. The number of para-hydroxylation sites is 1. The van der Waals surface area contributed by atoms with Gasteiger partial charge in [-0.05, 0) is 30.3 Å². The van der Waals surface area contributed by atoms with Gasteiger partial charge in [-0.3, -0.25) is 4.99 Å². The zero-order valence-electron chi connectivity index (χ0n) is 15.4. The van der Waals surface area contributed by atoms with E-state index in [4.69, 9.17) is 20.9 Å². The predicted octanol–water partition coefficient (Wildman–Crippen LogP) is 3.58. The van der Waals surface area contributed by atoms with Gasteiger partial charge in [0.05, 0.1) is 19.2 Å². The number of aromatic nitrogens is 2. The van der Waals surface area contributed by atoms with Crippen LogP contribution < -0.4 is 15.4 Å². The standard InChI is InChI=1S/C20H20ClN5O2/c1-22-20(24-16-10-11-27-17-5-3-2-4-15(16)17)23-12-18-25-19(26-28-18)13-6-8-14(21)9-7-13/h2-9,16H,10-12H2,1H3,(H2,22,23,24). The number of nitrogens with one attached hydrogen (secondary N) is 2. The van der Waals surface area contributed by atoms with Gasteiger partial charge in [0.15, 0.2) is 5.96 Å². The minimum absolute atomic E-state index is 0.128. The van der Waals surface area contributed by atoms with Crippen molar-refractivity contribution in [1.82, 2.24) is 20.8 Å². The maximum absolute atomic E-state index is 5.91. The van der Waals surface area contributed by atoms with Crippen molar-refractivity contribution in [1.29, 1.82) is 0 Å². The Hall–Kier alpha value is -3.06. The maximum atomic E-state index is 5.91. The summed E-state index contributed by atoms with van der Waals surface area (Å²) in [5.41, 5.74) is 1.97. The second-order valence-electron chi connectivity index (χ2n) is 6.32.